The number of carbonyl (C=O) groups is 2. The first-order valence-electron chi connectivity index (χ1n) is 7.80. The largest absolute Gasteiger partial charge is 0.491 e. The molecule has 0 saturated heterocycles. The van der Waals surface area contributed by atoms with Crippen molar-refractivity contribution in [2.24, 2.45) is 0 Å². The molecule has 2 aromatic carbocycles. The van der Waals surface area contributed by atoms with E-state index < -0.39 is 12.1 Å². The molecule has 1 unspecified atom stereocenters. The molecule has 5 heteroatoms. The summed E-state index contributed by atoms with van der Waals surface area (Å²) in [6.07, 6.45) is -0.975. The van der Waals surface area contributed by atoms with Gasteiger partial charge in [-0.3, -0.25) is 4.79 Å². The fourth-order valence-electron chi connectivity index (χ4n) is 2.02. The molecule has 2 rings (SSSR count). The molecular weight excluding hydrogens is 320 g/mol. The highest BCUT2D eigenvalue weighted by Crippen LogP contribution is 2.17. The first kappa shape index (κ1) is 18.4. The van der Waals surface area contributed by atoms with Crippen molar-refractivity contribution < 1.29 is 24.2 Å². The molecule has 0 spiro atoms. The Morgan fingerprint density at radius 3 is 2.40 bits per heavy atom. The van der Waals surface area contributed by atoms with Crippen LogP contribution < -0.4 is 4.74 Å². The van der Waals surface area contributed by atoms with Crippen molar-refractivity contribution in [1.82, 2.24) is 0 Å². The average molecular weight is 340 g/mol. The zero-order valence-electron chi connectivity index (χ0n) is 14.0. The zero-order chi connectivity index (χ0) is 18.2. The van der Waals surface area contributed by atoms with Gasteiger partial charge in [-0.2, -0.15) is 0 Å². The summed E-state index contributed by atoms with van der Waals surface area (Å²) < 4.78 is 10.3. The Bertz CT molecular complexity index is 752. The van der Waals surface area contributed by atoms with Gasteiger partial charge in [-0.05, 0) is 19.1 Å². The Labute approximate surface area is 146 Å². The second kappa shape index (κ2) is 8.80. The topological polar surface area (TPSA) is 72.8 Å². The summed E-state index contributed by atoms with van der Waals surface area (Å²) in [4.78, 5) is 23.7. The van der Waals surface area contributed by atoms with Crippen molar-refractivity contribution in [2.45, 2.75) is 13.0 Å². The van der Waals surface area contributed by atoms with Crippen LogP contribution in [0.15, 0.2) is 66.7 Å². The predicted molar refractivity (Wildman–Crippen MR) is 93.6 cm³/mol. The molecule has 0 aliphatic heterocycles. The van der Waals surface area contributed by atoms with Gasteiger partial charge in [0.05, 0.1) is 0 Å². The van der Waals surface area contributed by atoms with Crippen molar-refractivity contribution in [3.63, 3.8) is 0 Å². The molecule has 1 N–H and O–H groups in total. The van der Waals surface area contributed by atoms with Crippen molar-refractivity contribution in [1.29, 1.82) is 0 Å². The Hall–Kier alpha value is -2.92. The van der Waals surface area contributed by atoms with E-state index in [1.54, 1.807) is 48.5 Å². The third kappa shape index (κ3) is 5.58. The van der Waals surface area contributed by atoms with Gasteiger partial charge in [-0.25, -0.2) is 4.79 Å². The molecule has 0 radical (unpaired) electrons. The van der Waals surface area contributed by atoms with Crippen LogP contribution in [0.2, 0.25) is 0 Å². The molecule has 5 nitrogen and oxygen atoms in total. The van der Waals surface area contributed by atoms with E-state index in [4.69, 9.17) is 9.47 Å². The summed E-state index contributed by atoms with van der Waals surface area (Å²) in [5.74, 6) is -0.219. The minimum Gasteiger partial charge on any atom is -0.491 e. The molecular formula is C20H20O5. The van der Waals surface area contributed by atoms with Crippen LogP contribution in [0.1, 0.15) is 22.8 Å². The highest BCUT2D eigenvalue weighted by Gasteiger charge is 2.12. The minimum absolute atomic E-state index is 0.0630. The van der Waals surface area contributed by atoms with Crippen molar-refractivity contribution >= 4 is 11.8 Å². The number of benzene rings is 2. The van der Waals surface area contributed by atoms with Gasteiger partial charge in [0.15, 0.2) is 5.78 Å². The third-order valence-electron chi connectivity index (χ3n) is 3.33. The first-order chi connectivity index (χ1) is 12.0. The number of hydrogen-bond donors (Lipinski definition) is 1. The molecule has 130 valence electrons. The summed E-state index contributed by atoms with van der Waals surface area (Å²) in [6, 6.07) is 15.7. The average Bonchev–Trinajstić information content (AvgIpc) is 2.64. The van der Waals surface area contributed by atoms with Crippen LogP contribution in [0.25, 0.3) is 0 Å². The maximum Gasteiger partial charge on any atom is 0.333 e. The lowest BCUT2D eigenvalue weighted by Gasteiger charge is -2.13. The second-order valence-corrected chi connectivity index (χ2v) is 5.57. The smallest absolute Gasteiger partial charge is 0.333 e. The Morgan fingerprint density at radius 1 is 1.04 bits per heavy atom. The molecule has 25 heavy (non-hydrogen) atoms. The second-order valence-electron chi connectivity index (χ2n) is 5.57. The maximum atomic E-state index is 12.4. The van der Waals surface area contributed by atoms with Crippen molar-refractivity contribution in [3.05, 3.63) is 77.9 Å². The highest BCUT2D eigenvalue weighted by atomic mass is 16.5. The molecule has 2 aromatic rings. The number of aliphatic hydroxyl groups excluding tert-OH is 1. The number of ketones is 1. The lowest BCUT2D eigenvalue weighted by molar-refractivity contribution is -0.142. The third-order valence-corrected chi connectivity index (χ3v) is 3.33. The van der Waals surface area contributed by atoms with Gasteiger partial charge in [0, 0.05) is 16.7 Å². The Balaban J connectivity index is 1.92. The van der Waals surface area contributed by atoms with Gasteiger partial charge < -0.3 is 14.6 Å². The number of hydrogen-bond acceptors (Lipinski definition) is 5. The number of rotatable bonds is 8. The van der Waals surface area contributed by atoms with Crippen molar-refractivity contribution in [2.75, 3.05) is 13.2 Å². The van der Waals surface area contributed by atoms with Gasteiger partial charge in [-0.15, -0.1) is 0 Å². The Morgan fingerprint density at radius 2 is 1.72 bits per heavy atom. The first-order valence-corrected chi connectivity index (χ1v) is 7.80. The summed E-state index contributed by atoms with van der Waals surface area (Å²) in [6.45, 7) is 4.74. The molecule has 0 saturated carbocycles. The molecule has 0 bridgehead atoms. The summed E-state index contributed by atoms with van der Waals surface area (Å²) in [5.41, 5.74) is 1.35. The normalized spacial score (nSPS) is 11.4. The molecule has 0 aliphatic rings. The van der Waals surface area contributed by atoms with E-state index in [-0.39, 0.29) is 24.6 Å². The van der Waals surface area contributed by atoms with Gasteiger partial charge in [0.2, 0.25) is 0 Å². The van der Waals surface area contributed by atoms with E-state index in [1.807, 2.05) is 6.07 Å². The van der Waals surface area contributed by atoms with E-state index >= 15 is 0 Å². The number of aliphatic hydroxyl groups is 1. The van der Waals surface area contributed by atoms with E-state index in [0.29, 0.717) is 16.9 Å². The Kier molecular flexibility index (Phi) is 6.48. The molecule has 1 atom stereocenters. The van der Waals surface area contributed by atoms with Gasteiger partial charge in [0.1, 0.15) is 25.1 Å². The van der Waals surface area contributed by atoms with E-state index in [2.05, 4.69) is 6.58 Å². The molecule has 0 aromatic heterocycles. The SMILES string of the molecule is C=C(C)C(=O)OCC(O)COc1cccc(C(=O)c2ccccc2)c1. The van der Waals surface area contributed by atoms with Crippen LogP contribution in [-0.2, 0) is 9.53 Å². The van der Waals surface area contributed by atoms with E-state index in [1.165, 1.54) is 6.92 Å². The molecule has 0 fully saturated rings. The fraction of sp³-hybridized carbons (Fsp3) is 0.200. The van der Waals surface area contributed by atoms with Crippen LogP contribution in [0, 0.1) is 0 Å². The van der Waals surface area contributed by atoms with Crippen LogP contribution in [0.5, 0.6) is 5.75 Å². The number of ether oxygens (including phenoxy) is 2. The highest BCUT2D eigenvalue weighted by molar-refractivity contribution is 6.09. The monoisotopic (exact) mass is 340 g/mol. The standard InChI is InChI=1S/C20H20O5/c1-14(2)20(23)25-13-17(21)12-24-18-10-6-9-16(11-18)19(22)15-7-4-3-5-8-15/h3-11,17,21H,1,12-13H2,2H3. The molecule has 0 amide bonds. The summed E-state index contributed by atoms with van der Waals surface area (Å²) in [5, 5.41) is 9.80. The van der Waals surface area contributed by atoms with Gasteiger partial charge >= 0.3 is 5.97 Å². The minimum atomic E-state index is -0.975. The zero-order valence-corrected chi connectivity index (χ0v) is 14.0. The number of carbonyl (C=O) groups excluding carboxylic acids is 2. The fourth-order valence-corrected chi connectivity index (χ4v) is 2.02. The van der Waals surface area contributed by atoms with Crippen LogP contribution in [0.4, 0.5) is 0 Å². The van der Waals surface area contributed by atoms with Crippen LogP contribution in [-0.4, -0.2) is 36.2 Å². The van der Waals surface area contributed by atoms with Gasteiger partial charge in [0.25, 0.3) is 0 Å². The predicted octanol–water partition coefficient (Wildman–Crippen LogP) is 2.78. The summed E-state index contributed by atoms with van der Waals surface area (Å²) in [7, 11) is 0. The van der Waals surface area contributed by atoms with Crippen molar-refractivity contribution in [3.8, 4) is 5.75 Å². The van der Waals surface area contributed by atoms with E-state index in [9.17, 15) is 14.7 Å². The van der Waals surface area contributed by atoms with E-state index in [0.717, 1.165) is 0 Å². The molecule has 0 heterocycles. The molecule has 0 aliphatic carbocycles. The number of esters is 1. The quantitative estimate of drug-likeness (QED) is 0.454. The lowest BCUT2D eigenvalue weighted by Crippen LogP contribution is -2.25. The maximum absolute atomic E-state index is 12.4. The summed E-state index contributed by atoms with van der Waals surface area (Å²) >= 11 is 0. The van der Waals surface area contributed by atoms with Gasteiger partial charge in [-0.1, -0.05) is 49.0 Å². The van der Waals surface area contributed by atoms with Crippen LogP contribution >= 0.6 is 0 Å². The lowest BCUT2D eigenvalue weighted by atomic mass is 10.0. The van der Waals surface area contributed by atoms with Crippen LogP contribution in [0.3, 0.4) is 0 Å².